The number of hydrogen-bond acceptors (Lipinski definition) is 7. The lowest BCUT2D eigenvalue weighted by Crippen LogP contribution is -2.62. The Labute approximate surface area is 123 Å². The third-order valence-electron chi connectivity index (χ3n) is 3.72. The molecule has 124 valence electrons. The molecule has 1 fully saturated rings. The van der Waals surface area contributed by atoms with Crippen LogP contribution < -0.4 is 5.32 Å². The summed E-state index contributed by atoms with van der Waals surface area (Å²) in [5.74, 6) is -1.21. The summed E-state index contributed by atoms with van der Waals surface area (Å²) in [5.41, 5.74) is 0. The number of carboxylic acids is 1. The largest absolute Gasteiger partial charge is 0.481 e. The molecule has 0 spiro atoms. The molecule has 1 aliphatic heterocycles. The van der Waals surface area contributed by atoms with Crippen LogP contribution in [0.4, 0.5) is 0 Å². The van der Waals surface area contributed by atoms with Gasteiger partial charge in [0.1, 0.15) is 30.6 Å². The molecule has 0 amide bonds. The lowest BCUT2D eigenvalue weighted by molar-refractivity contribution is -0.236. The Balaban J connectivity index is 2.29. The number of nitrogens with one attached hydrogen (secondary N) is 1. The quantitative estimate of drug-likeness (QED) is 0.291. The summed E-state index contributed by atoms with van der Waals surface area (Å²) in [6.45, 7) is 1.65. The van der Waals surface area contributed by atoms with E-state index in [1.165, 1.54) is 0 Å². The summed E-state index contributed by atoms with van der Waals surface area (Å²) in [6.07, 6.45) is -3.89. The summed E-state index contributed by atoms with van der Waals surface area (Å²) in [7, 11) is 0. The second-order valence-corrected chi connectivity index (χ2v) is 5.44. The first-order valence-electron chi connectivity index (χ1n) is 7.15. The van der Waals surface area contributed by atoms with Crippen molar-refractivity contribution in [2.75, 3.05) is 13.2 Å². The Morgan fingerprint density at radius 2 is 1.86 bits per heavy atom. The maximum Gasteiger partial charge on any atom is 0.306 e. The molecule has 8 nitrogen and oxygen atoms in total. The zero-order valence-electron chi connectivity index (χ0n) is 12.1. The summed E-state index contributed by atoms with van der Waals surface area (Å²) in [6, 6.07) is 0. The number of aliphatic hydroxyl groups is 4. The summed E-state index contributed by atoms with van der Waals surface area (Å²) >= 11 is 0. The summed E-state index contributed by atoms with van der Waals surface area (Å²) < 4.78 is 5.28. The van der Waals surface area contributed by atoms with E-state index in [2.05, 4.69) is 5.32 Å². The van der Waals surface area contributed by atoms with Gasteiger partial charge in [-0.05, 0) is 19.4 Å². The van der Waals surface area contributed by atoms with Gasteiger partial charge in [0.05, 0.1) is 12.5 Å². The molecule has 0 aromatic rings. The molecule has 1 aliphatic rings. The van der Waals surface area contributed by atoms with Gasteiger partial charge in [0.2, 0.25) is 0 Å². The molecule has 8 heteroatoms. The first-order valence-corrected chi connectivity index (χ1v) is 7.15. The van der Waals surface area contributed by atoms with Gasteiger partial charge in [0.15, 0.2) is 0 Å². The van der Waals surface area contributed by atoms with Gasteiger partial charge in [-0.15, -0.1) is 0 Å². The topological polar surface area (TPSA) is 139 Å². The van der Waals surface area contributed by atoms with E-state index in [9.17, 15) is 20.1 Å². The molecule has 0 aromatic carbocycles. The molecule has 6 atom stereocenters. The summed E-state index contributed by atoms with van der Waals surface area (Å²) in [5, 5.41) is 49.7. The first-order chi connectivity index (χ1) is 9.88. The van der Waals surface area contributed by atoms with Crippen LogP contribution in [0, 0.1) is 5.92 Å². The van der Waals surface area contributed by atoms with Gasteiger partial charge < -0.3 is 30.3 Å². The fraction of sp³-hybridized carbons (Fsp3) is 0.923. The predicted octanol–water partition coefficient (Wildman–Crippen LogP) is -1.73. The van der Waals surface area contributed by atoms with E-state index >= 15 is 0 Å². The average Bonchev–Trinajstić information content (AvgIpc) is 2.46. The molecule has 0 radical (unpaired) electrons. The van der Waals surface area contributed by atoms with E-state index in [1.807, 2.05) is 0 Å². The number of carboxylic acid groups (broad SMARTS) is 1. The number of aliphatic hydroxyl groups excluding tert-OH is 4. The van der Waals surface area contributed by atoms with Crippen molar-refractivity contribution in [1.29, 1.82) is 0 Å². The molecular weight excluding hydrogens is 282 g/mol. The minimum Gasteiger partial charge on any atom is -0.481 e. The fourth-order valence-electron chi connectivity index (χ4n) is 2.21. The molecule has 0 aliphatic carbocycles. The van der Waals surface area contributed by atoms with Crippen molar-refractivity contribution in [2.24, 2.45) is 5.92 Å². The minimum absolute atomic E-state index is 0.391. The first kappa shape index (κ1) is 18.3. The highest BCUT2D eigenvalue weighted by Crippen LogP contribution is 2.19. The second kappa shape index (κ2) is 8.62. The smallest absolute Gasteiger partial charge is 0.306 e. The van der Waals surface area contributed by atoms with E-state index in [1.54, 1.807) is 6.92 Å². The van der Waals surface area contributed by atoms with Crippen molar-refractivity contribution in [1.82, 2.24) is 5.32 Å². The van der Waals surface area contributed by atoms with Gasteiger partial charge in [0, 0.05) is 0 Å². The third-order valence-corrected chi connectivity index (χ3v) is 3.72. The van der Waals surface area contributed by atoms with Crippen LogP contribution in [0.3, 0.4) is 0 Å². The predicted molar refractivity (Wildman–Crippen MR) is 72.4 cm³/mol. The number of aliphatic carboxylic acids is 1. The van der Waals surface area contributed by atoms with Crippen molar-refractivity contribution in [3.8, 4) is 0 Å². The third kappa shape index (κ3) is 5.17. The number of rotatable bonds is 8. The van der Waals surface area contributed by atoms with Crippen molar-refractivity contribution >= 4 is 5.97 Å². The minimum atomic E-state index is -1.39. The normalized spacial score (nSPS) is 34.6. The van der Waals surface area contributed by atoms with Crippen LogP contribution in [-0.2, 0) is 9.53 Å². The number of carbonyl (C=O) groups is 1. The van der Waals surface area contributed by atoms with E-state index in [-0.39, 0.29) is 0 Å². The maximum absolute atomic E-state index is 10.6. The van der Waals surface area contributed by atoms with Gasteiger partial charge in [-0.3, -0.25) is 10.1 Å². The van der Waals surface area contributed by atoms with Gasteiger partial charge in [-0.25, -0.2) is 0 Å². The van der Waals surface area contributed by atoms with Crippen molar-refractivity contribution in [3.05, 3.63) is 0 Å². The highest BCUT2D eigenvalue weighted by atomic mass is 16.6. The highest BCUT2D eigenvalue weighted by molar-refractivity contribution is 5.69. The van der Waals surface area contributed by atoms with E-state index in [4.69, 9.17) is 14.9 Å². The molecular formula is C13H25NO7. The van der Waals surface area contributed by atoms with Crippen LogP contribution in [0.1, 0.15) is 26.2 Å². The van der Waals surface area contributed by atoms with Gasteiger partial charge in [0.25, 0.3) is 0 Å². The molecule has 0 bridgehead atoms. The SMILES string of the molecule is C[C@@H](CCCCNC1OC(CO)C(O)C(O)C1O)C(=O)O. The van der Waals surface area contributed by atoms with Crippen molar-refractivity contribution in [2.45, 2.75) is 56.8 Å². The molecule has 1 saturated heterocycles. The molecule has 1 heterocycles. The Morgan fingerprint density at radius 1 is 1.19 bits per heavy atom. The van der Waals surface area contributed by atoms with Gasteiger partial charge in [-0.2, -0.15) is 0 Å². The van der Waals surface area contributed by atoms with Crippen LogP contribution in [0.5, 0.6) is 0 Å². The van der Waals surface area contributed by atoms with Crippen molar-refractivity contribution in [3.63, 3.8) is 0 Å². The zero-order chi connectivity index (χ0) is 16.0. The lowest BCUT2D eigenvalue weighted by Gasteiger charge is -2.40. The Kier molecular flexibility index (Phi) is 7.50. The maximum atomic E-state index is 10.6. The number of unbranched alkanes of at least 4 members (excludes halogenated alkanes) is 1. The molecule has 1 rings (SSSR count). The fourth-order valence-corrected chi connectivity index (χ4v) is 2.21. The molecule has 5 unspecified atom stereocenters. The van der Waals surface area contributed by atoms with Crippen LogP contribution in [-0.4, -0.2) is 75.3 Å². The monoisotopic (exact) mass is 307 g/mol. The van der Waals surface area contributed by atoms with Crippen LogP contribution in [0.15, 0.2) is 0 Å². The van der Waals surface area contributed by atoms with Gasteiger partial charge in [-0.1, -0.05) is 13.3 Å². The number of hydrogen-bond donors (Lipinski definition) is 6. The van der Waals surface area contributed by atoms with Crippen LogP contribution in [0.25, 0.3) is 0 Å². The van der Waals surface area contributed by atoms with E-state index in [0.29, 0.717) is 25.8 Å². The molecule has 6 N–H and O–H groups in total. The van der Waals surface area contributed by atoms with Crippen LogP contribution >= 0.6 is 0 Å². The average molecular weight is 307 g/mol. The Morgan fingerprint density at radius 3 is 2.43 bits per heavy atom. The standard InChI is InChI=1S/C13H25NO7/c1-7(13(19)20)4-2-3-5-14-12-11(18)10(17)9(16)8(6-15)21-12/h7-12,14-18H,2-6H2,1H3,(H,19,20)/t7-,8?,9?,10?,11?,12?/m0/s1. The van der Waals surface area contributed by atoms with E-state index in [0.717, 1.165) is 0 Å². The molecule has 0 saturated carbocycles. The summed E-state index contributed by atoms with van der Waals surface area (Å²) in [4.78, 5) is 10.6. The molecule has 21 heavy (non-hydrogen) atoms. The lowest BCUT2D eigenvalue weighted by atomic mass is 9.98. The highest BCUT2D eigenvalue weighted by Gasteiger charge is 2.42. The van der Waals surface area contributed by atoms with Crippen molar-refractivity contribution < 1.29 is 35.1 Å². The van der Waals surface area contributed by atoms with Gasteiger partial charge >= 0.3 is 5.97 Å². The van der Waals surface area contributed by atoms with E-state index < -0.39 is 49.1 Å². The van der Waals surface area contributed by atoms with Crippen LogP contribution in [0.2, 0.25) is 0 Å². The molecule has 0 aromatic heterocycles. The Bertz CT molecular complexity index is 326. The second-order valence-electron chi connectivity index (χ2n) is 5.44. The number of ether oxygens (including phenoxy) is 1. The zero-order valence-corrected chi connectivity index (χ0v) is 12.1. The Hall–Kier alpha value is -0.770.